The Hall–Kier alpha value is -1.35. The van der Waals surface area contributed by atoms with Gasteiger partial charge in [0.05, 0.1) is 31.3 Å². The normalized spacial score (nSPS) is 16.1. The van der Waals surface area contributed by atoms with Crippen LogP contribution in [0.4, 0.5) is 0 Å². The van der Waals surface area contributed by atoms with Crippen LogP contribution in [0.5, 0.6) is 11.5 Å². The zero-order valence-corrected chi connectivity index (χ0v) is 15.1. The molecule has 24 heavy (non-hydrogen) atoms. The lowest BCUT2D eigenvalue weighted by Crippen LogP contribution is -2.41. The van der Waals surface area contributed by atoms with Crippen LogP contribution in [0.3, 0.4) is 0 Å². The molecule has 0 amide bonds. The summed E-state index contributed by atoms with van der Waals surface area (Å²) in [6.07, 6.45) is 0. The van der Waals surface area contributed by atoms with E-state index in [1.54, 1.807) is 6.07 Å². The van der Waals surface area contributed by atoms with Crippen LogP contribution in [0.25, 0.3) is 0 Å². The average Bonchev–Trinajstić information content (AvgIpc) is 2.57. The van der Waals surface area contributed by atoms with Gasteiger partial charge in [0, 0.05) is 32.2 Å². The average molecular weight is 358 g/mol. The van der Waals surface area contributed by atoms with Gasteiger partial charge in [-0.3, -0.25) is 4.90 Å². The summed E-state index contributed by atoms with van der Waals surface area (Å²) in [4.78, 5) is 2.35. The molecule has 0 aromatic heterocycles. The van der Waals surface area contributed by atoms with E-state index >= 15 is 0 Å². The molecule has 136 valence electrons. The van der Waals surface area contributed by atoms with Gasteiger partial charge in [-0.1, -0.05) is 0 Å². The second-order valence-electron chi connectivity index (χ2n) is 5.33. The lowest BCUT2D eigenvalue weighted by Gasteiger charge is -2.26. The highest BCUT2D eigenvalue weighted by Gasteiger charge is 2.18. The molecule has 1 fully saturated rings. The summed E-state index contributed by atoms with van der Waals surface area (Å²) in [5.41, 5.74) is 0. The Morgan fingerprint density at radius 1 is 1.12 bits per heavy atom. The van der Waals surface area contributed by atoms with Crippen LogP contribution in [0.15, 0.2) is 23.1 Å². The Morgan fingerprint density at radius 2 is 1.79 bits per heavy atom. The maximum absolute atomic E-state index is 12.4. The highest BCUT2D eigenvalue weighted by atomic mass is 32.2. The predicted octanol–water partition coefficient (Wildman–Crippen LogP) is 1.09. The number of ether oxygens (including phenoxy) is 3. The van der Waals surface area contributed by atoms with Gasteiger partial charge in [-0.15, -0.1) is 0 Å². The molecule has 8 heteroatoms. The summed E-state index contributed by atoms with van der Waals surface area (Å²) in [6, 6.07) is 4.67. The third kappa shape index (κ3) is 5.34. The predicted molar refractivity (Wildman–Crippen MR) is 91.2 cm³/mol. The fourth-order valence-corrected chi connectivity index (χ4v) is 3.48. The molecule has 1 aliphatic heterocycles. The lowest BCUT2D eigenvalue weighted by molar-refractivity contribution is 0.0390. The third-order valence-corrected chi connectivity index (χ3v) is 5.11. The van der Waals surface area contributed by atoms with Crippen molar-refractivity contribution in [1.29, 1.82) is 0 Å². The smallest absolute Gasteiger partial charge is 0.240 e. The molecule has 7 nitrogen and oxygen atoms in total. The van der Waals surface area contributed by atoms with Gasteiger partial charge in [-0.25, -0.2) is 13.1 Å². The maximum atomic E-state index is 12.4. The van der Waals surface area contributed by atoms with Gasteiger partial charge in [-0.05, 0) is 26.0 Å². The van der Waals surface area contributed by atoms with Crippen molar-refractivity contribution in [3.05, 3.63) is 18.2 Å². The Kier molecular flexibility index (Phi) is 7.29. The molecule has 0 spiro atoms. The van der Waals surface area contributed by atoms with E-state index in [4.69, 9.17) is 14.2 Å². The first-order valence-electron chi connectivity index (χ1n) is 8.26. The summed E-state index contributed by atoms with van der Waals surface area (Å²) in [6.45, 7) is 8.73. The van der Waals surface area contributed by atoms with Crippen molar-refractivity contribution in [2.24, 2.45) is 0 Å². The van der Waals surface area contributed by atoms with Gasteiger partial charge in [0.15, 0.2) is 11.5 Å². The molecular weight excluding hydrogens is 332 g/mol. The first kappa shape index (κ1) is 19.0. The molecule has 0 saturated carbocycles. The van der Waals surface area contributed by atoms with E-state index in [1.165, 1.54) is 12.1 Å². The Labute approximate surface area is 143 Å². The largest absolute Gasteiger partial charge is 0.490 e. The highest BCUT2D eigenvalue weighted by molar-refractivity contribution is 7.89. The summed E-state index contributed by atoms with van der Waals surface area (Å²) < 4.78 is 43.8. The molecule has 1 N–H and O–H groups in total. The maximum Gasteiger partial charge on any atom is 0.240 e. The van der Waals surface area contributed by atoms with Gasteiger partial charge in [0.1, 0.15) is 0 Å². The molecule has 1 aromatic rings. The van der Waals surface area contributed by atoms with Gasteiger partial charge >= 0.3 is 0 Å². The van der Waals surface area contributed by atoms with E-state index in [9.17, 15) is 8.42 Å². The molecule has 0 atom stereocenters. The van der Waals surface area contributed by atoms with Crippen LogP contribution in [-0.2, 0) is 14.8 Å². The number of sulfonamides is 1. The molecule has 0 bridgehead atoms. The summed E-state index contributed by atoms with van der Waals surface area (Å²) in [5, 5.41) is 0. The van der Waals surface area contributed by atoms with Gasteiger partial charge in [0.25, 0.3) is 0 Å². The number of rotatable bonds is 9. The molecular formula is C16H26N2O5S. The second-order valence-corrected chi connectivity index (χ2v) is 7.09. The minimum Gasteiger partial charge on any atom is -0.490 e. The number of nitrogens with one attached hydrogen (secondary N) is 1. The van der Waals surface area contributed by atoms with Gasteiger partial charge in [-0.2, -0.15) is 0 Å². The minimum atomic E-state index is -3.58. The quantitative estimate of drug-likeness (QED) is 0.712. The number of hydrogen-bond donors (Lipinski definition) is 1. The minimum absolute atomic E-state index is 0.177. The topological polar surface area (TPSA) is 77.1 Å². The number of nitrogens with zero attached hydrogens (tertiary/aromatic N) is 1. The molecule has 0 unspecified atom stereocenters. The Morgan fingerprint density at radius 3 is 2.46 bits per heavy atom. The Bertz CT molecular complexity index is 615. The molecule has 0 aliphatic carbocycles. The highest BCUT2D eigenvalue weighted by Crippen LogP contribution is 2.30. The molecule has 0 radical (unpaired) electrons. The van der Waals surface area contributed by atoms with Crippen molar-refractivity contribution in [2.75, 3.05) is 52.6 Å². The van der Waals surface area contributed by atoms with Crippen LogP contribution in [0, 0.1) is 0 Å². The van der Waals surface area contributed by atoms with E-state index in [0.717, 1.165) is 13.1 Å². The summed E-state index contributed by atoms with van der Waals surface area (Å²) in [5.74, 6) is 0.988. The van der Waals surface area contributed by atoms with E-state index in [-0.39, 0.29) is 4.90 Å². The monoisotopic (exact) mass is 358 g/mol. The number of hydrogen-bond acceptors (Lipinski definition) is 6. The second kappa shape index (κ2) is 9.22. The van der Waals surface area contributed by atoms with E-state index in [1.807, 2.05) is 13.8 Å². The van der Waals surface area contributed by atoms with Crippen molar-refractivity contribution >= 4 is 10.0 Å². The number of benzene rings is 1. The fourth-order valence-electron chi connectivity index (χ4n) is 2.44. The first-order valence-corrected chi connectivity index (χ1v) is 9.74. The molecule has 1 aliphatic rings. The third-order valence-electron chi connectivity index (χ3n) is 3.65. The summed E-state index contributed by atoms with van der Waals surface area (Å²) >= 11 is 0. The molecule has 1 heterocycles. The van der Waals surface area contributed by atoms with E-state index < -0.39 is 10.0 Å². The van der Waals surface area contributed by atoms with E-state index in [2.05, 4.69) is 9.62 Å². The van der Waals surface area contributed by atoms with Crippen LogP contribution < -0.4 is 14.2 Å². The fraction of sp³-hybridized carbons (Fsp3) is 0.625. The van der Waals surface area contributed by atoms with Crippen LogP contribution in [-0.4, -0.2) is 65.9 Å². The zero-order valence-electron chi connectivity index (χ0n) is 14.3. The van der Waals surface area contributed by atoms with Crippen LogP contribution in [0.2, 0.25) is 0 Å². The Balaban J connectivity index is 2.00. The van der Waals surface area contributed by atoms with Crippen molar-refractivity contribution < 1.29 is 22.6 Å². The molecule has 1 aromatic carbocycles. The SMILES string of the molecule is CCOc1ccc(S(=O)(=O)NCCN2CCOCC2)cc1OCC. The zero-order chi connectivity index (χ0) is 17.4. The summed E-state index contributed by atoms with van der Waals surface area (Å²) in [7, 11) is -3.58. The van der Waals surface area contributed by atoms with Crippen molar-refractivity contribution in [2.45, 2.75) is 18.7 Å². The van der Waals surface area contributed by atoms with Crippen LogP contribution >= 0.6 is 0 Å². The van der Waals surface area contributed by atoms with E-state index in [0.29, 0.717) is 51.0 Å². The lowest BCUT2D eigenvalue weighted by atomic mass is 10.3. The van der Waals surface area contributed by atoms with Gasteiger partial charge in [0.2, 0.25) is 10.0 Å². The van der Waals surface area contributed by atoms with Crippen molar-refractivity contribution in [3.8, 4) is 11.5 Å². The molecule has 2 rings (SSSR count). The number of morpholine rings is 1. The first-order chi connectivity index (χ1) is 11.6. The molecule has 1 saturated heterocycles. The van der Waals surface area contributed by atoms with Crippen molar-refractivity contribution in [1.82, 2.24) is 9.62 Å². The van der Waals surface area contributed by atoms with Crippen LogP contribution in [0.1, 0.15) is 13.8 Å². The standard InChI is InChI=1S/C16H26N2O5S/c1-3-22-15-6-5-14(13-16(15)23-4-2)24(19,20)17-7-8-18-9-11-21-12-10-18/h5-6,13,17H,3-4,7-12H2,1-2H3. The van der Waals surface area contributed by atoms with Crippen molar-refractivity contribution in [3.63, 3.8) is 0 Å². The van der Waals surface area contributed by atoms with Gasteiger partial charge < -0.3 is 14.2 Å².